The number of nitrogens with zero attached hydrogens (tertiary/aromatic N) is 2. The largest absolute Gasteiger partial charge is 0.493 e. The van der Waals surface area contributed by atoms with E-state index < -0.39 is 24.4 Å². The summed E-state index contributed by atoms with van der Waals surface area (Å²) in [6.45, 7) is -2.97. The van der Waals surface area contributed by atoms with Crippen LogP contribution in [0.25, 0.3) is 11.0 Å². The van der Waals surface area contributed by atoms with Gasteiger partial charge in [-0.3, -0.25) is 9.19 Å². The Bertz CT molecular complexity index is 1050. The third kappa shape index (κ3) is 3.74. The van der Waals surface area contributed by atoms with Gasteiger partial charge in [0, 0.05) is 18.3 Å². The number of H-pyrrole nitrogens is 1. The van der Waals surface area contributed by atoms with Crippen LogP contribution in [0.1, 0.15) is 9.81 Å². The molecule has 0 fully saturated rings. The lowest BCUT2D eigenvalue weighted by molar-refractivity contribution is -0.0497. The molecule has 0 radical (unpaired) electrons. The minimum absolute atomic E-state index is 0.0423. The van der Waals surface area contributed by atoms with Gasteiger partial charge in [-0.05, 0) is 12.1 Å². The minimum Gasteiger partial charge on any atom is -0.493 e. The minimum atomic E-state index is -2.97. The first-order chi connectivity index (χ1) is 13.7. The zero-order valence-corrected chi connectivity index (χ0v) is 14.2. The van der Waals surface area contributed by atoms with Crippen molar-refractivity contribution in [1.29, 1.82) is 0 Å². The first kappa shape index (κ1) is 14.4. The normalized spacial score (nSPS) is 14.5. The van der Waals surface area contributed by atoms with Crippen LogP contribution in [0, 0.1) is 0 Å². The zero-order valence-electron chi connectivity index (χ0n) is 16.4. The number of alkyl halides is 2. The summed E-state index contributed by atoms with van der Waals surface area (Å²) in [7, 11) is -3.11. The molecule has 0 saturated carbocycles. The number of methoxy groups -OCH3 is 2. The molecule has 0 unspecified atom stereocenters. The van der Waals surface area contributed by atoms with E-state index in [1.165, 1.54) is 37.6 Å². The van der Waals surface area contributed by atoms with Gasteiger partial charge < -0.3 is 19.2 Å². The number of imidazole rings is 1. The van der Waals surface area contributed by atoms with E-state index in [2.05, 4.69) is 19.7 Å². The number of benzene rings is 1. The van der Waals surface area contributed by atoms with E-state index in [1.54, 1.807) is 0 Å². The van der Waals surface area contributed by atoms with Crippen LogP contribution >= 0.6 is 0 Å². The van der Waals surface area contributed by atoms with Crippen molar-refractivity contribution < 1.29 is 31.3 Å². The Kier molecular flexibility index (Phi) is 4.24. The predicted octanol–water partition coefficient (Wildman–Crippen LogP) is 2.88. The summed E-state index contributed by atoms with van der Waals surface area (Å²) >= 11 is 0. The number of hydrogen-bond donors (Lipinski definition) is 1. The number of fused-ring (bicyclic) bond motifs is 1. The average molecular weight is 386 g/mol. The Labute approximate surface area is 154 Å². The topological polar surface area (TPSA) is 86.3 Å². The van der Waals surface area contributed by atoms with Crippen molar-refractivity contribution in [3.05, 3.63) is 36.2 Å². The molecule has 2 heterocycles. The van der Waals surface area contributed by atoms with Crippen LogP contribution in [0.15, 0.2) is 35.6 Å². The second-order valence-corrected chi connectivity index (χ2v) is 6.35. The molecule has 26 heavy (non-hydrogen) atoms. The van der Waals surface area contributed by atoms with Gasteiger partial charge in [-0.25, -0.2) is 4.98 Å². The molecule has 3 aromatic rings. The Morgan fingerprint density at radius 2 is 2.19 bits per heavy atom. The van der Waals surface area contributed by atoms with E-state index in [0.29, 0.717) is 11.0 Å². The van der Waals surface area contributed by atoms with Gasteiger partial charge in [-0.2, -0.15) is 8.78 Å². The van der Waals surface area contributed by atoms with Crippen molar-refractivity contribution in [2.45, 2.75) is 17.5 Å². The van der Waals surface area contributed by atoms with E-state index in [1.807, 2.05) is 0 Å². The molecule has 1 aromatic carbocycles. The maximum Gasteiger partial charge on any atom is 0.387 e. The molecule has 10 heteroatoms. The molecule has 138 valence electrons. The third-order valence-electron chi connectivity index (χ3n) is 3.40. The number of aromatic amines is 1. The second-order valence-electron chi connectivity index (χ2n) is 4.98. The molecule has 0 bridgehead atoms. The number of aromatic nitrogens is 3. The lowest BCUT2D eigenvalue weighted by Gasteiger charge is -2.10. The van der Waals surface area contributed by atoms with Crippen molar-refractivity contribution in [2.75, 3.05) is 14.1 Å². The van der Waals surface area contributed by atoms with Crippen molar-refractivity contribution in [3.8, 4) is 17.2 Å². The summed E-state index contributed by atoms with van der Waals surface area (Å²) < 4.78 is 73.4. The van der Waals surface area contributed by atoms with E-state index in [0.717, 1.165) is 0 Å². The van der Waals surface area contributed by atoms with Gasteiger partial charge in [0.15, 0.2) is 16.7 Å². The molecular formula is C16H15F2N3O4S. The van der Waals surface area contributed by atoms with Gasteiger partial charge in [0.25, 0.3) is 0 Å². The van der Waals surface area contributed by atoms with Crippen LogP contribution in [0.3, 0.4) is 0 Å². The molecule has 0 amide bonds. The SMILES string of the molecule is [2H]C([2H])([2H])Oc1ccnc(C[S@](=O)c2nc3ccc(OC(F)F)cc3[nH]2)c1OC. The number of nitrogens with one attached hydrogen (secondary N) is 1. The monoisotopic (exact) mass is 386 g/mol. The van der Waals surface area contributed by atoms with Crippen LogP contribution in [0.4, 0.5) is 8.78 Å². The molecular weight excluding hydrogens is 368 g/mol. The summed E-state index contributed by atoms with van der Waals surface area (Å²) in [4.78, 5) is 11.1. The fourth-order valence-corrected chi connectivity index (χ4v) is 3.33. The Morgan fingerprint density at radius 1 is 1.35 bits per heavy atom. The second kappa shape index (κ2) is 7.65. The summed E-state index contributed by atoms with van der Waals surface area (Å²) in [5, 5.41) is 0.0835. The van der Waals surface area contributed by atoms with E-state index in [4.69, 9.17) is 13.6 Å². The van der Waals surface area contributed by atoms with Gasteiger partial charge in [0.05, 0.1) is 51.5 Å². The zero-order chi connectivity index (χ0) is 21.2. The predicted molar refractivity (Wildman–Crippen MR) is 90.2 cm³/mol. The van der Waals surface area contributed by atoms with Crippen LogP contribution in [-0.2, 0) is 16.6 Å². The summed E-state index contributed by atoms with van der Waals surface area (Å²) in [6, 6.07) is 5.41. The van der Waals surface area contributed by atoms with Crippen molar-refractivity contribution in [3.63, 3.8) is 0 Å². The average Bonchev–Trinajstić information content (AvgIpc) is 3.03. The highest BCUT2D eigenvalue weighted by molar-refractivity contribution is 7.84. The van der Waals surface area contributed by atoms with Gasteiger partial charge in [-0.15, -0.1) is 0 Å². The number of hydrogen-bond acceptors (Lipinski definition) is 6. The van der Waals surface area contributed by atoms with Crippen LogP contribution in [0.2, 0.25) is 0 Å². The first-order valence-corrected chi connectivity index (χ1v) is 8.52. The highest BCUT2D eigenvalue weighted by Gasteiger charge is 2.17. The molecule has 0 saturated heterocycles. The fourth-order valence-electron chi connectivity index (χ4n) is 2.31. The van der Waals surface area contributed by atoms with Crippen molar-refractivity contribution >= 4 is 21.8 Å². The molecule has 1 atom stereocenters. The van der Waals surface area contributed by atoms with Crippen LogP contribution in [-0.4, -0.2) is 39.9 Å². The summed E-state index contributed by atoms with van der Waals surface area (Å²) in [5.41, 5.74) is 0.982. The molecule has 7 nitrogen and oxygen atoms in total. The van der Waals surface area contributed by atoms with Gasteiger partial charge in [0.2, 0.25) is 0 Å². The molecule has 0 aliphatic carbocycles. The third-order valence-corrected chi connectivity index (χ3v) is 4.56. The number of pyridine rings is 1. The Balaban J connectivity index is 1.85. The van der Waals surface area contributed by atoms with E-state index in [-0.39, 0.29) is 33.9 Å². The Hall–Kier alpha value is -2.75. The first-order valence-electron chi connectivity index (χ1n) is 8.70. The standard InChI is InChI=1S/C16H15F2N3O4S/c1-23-13-5-6-19-12(14(13)24-2)8-26(22)16-20-10-4-3-9(25-15(17)18)7-11(10)21-16/h3-7,15H,8H2,1-2H3,(H,20,21)/t26-/m0/s1/i1D3. The van der Waals surface area contributed by atoms with Crippen molar-refractivity contribution in [2.24, 2.45) is 0 Å². The number of ether oxygens (including phenoxy) is 3. The van der Waals surface area contributed by atoms with Gasteiger partial charge >= 0.3 is 6.61 Å². The van der Waals surface area contributed by atoms with Gasteiger partial charge in [0.1, 0.15) is 5.75 Å². The highest BCUT2D eigenvalue weighted by Crippen LogP contribution is 2.30. The fraction of sp³-hybridized carbons (Fsp3) is 0.250. The van der Waals surface area contributed by atoms with Crippen LogP contribution < -0.4 is 14.2 Å². The maximum atomic E-state index is 12.7. The molecule has 1 N–H and O–H groups in total. The lowest BCUT2D eigenvalue weighted by atomic mass is 10.3. The Morgan fingerprint density at radius 3 is 2.92 bits per heavy atom. The number of rotatable bonds is 7. The van der Waals surface area contributed by atoms with Gasteiger partial charge in [-0.1, -0.05) is 0 Å². The molecule has 3 rings (SSSR count). The molecule has 0 aliphatic rings. The maximum absolute atomic E-state index is 12.7. The molecule has 0 spiro atoms. The number of halogens is 2. The quantitative estimate of drug-likeness (QED) is 0.672. The molecule has 0 aliphatic heterocycles. The highest BCUT2D eigenvalue weighted by atomic mass is 32.2. The lowest BCUT2D eigenvalue weighted by Crippen LogP contribution is -2.04. The smallest absolute Gasteiger partial charge is 0.387 e. The summed E-state index contributed by atoms with van der Waals surface area (Å²) in [5.74, 6) is -0.235. The van der Waals surface area contributed by atoms with Crippen LogP contribution in [0.5, 0.6) is 17.2 Å². The molecule has 2 aromatic heterocycles. The summed E-state index contributed by atoms with van der Waals surface area (Å²) in [6.07, 6.45) is 1.31. The van der Waals surface area contributed by atoms with Crippen molar-refractivity contribution in [1.82, 2.24) is 15.0 Å². The van der Waals surface area contributed by atoms with E-state index >= 15 is 0 Å². The van der Waals surface area contributed by atoms with E-state index in [9.17, 15) is 13.0 Å².